The van der Waals surface area contributed by atoms with Crippen molar-refractivity contribution in [1.82, 2.24) is 10.1 Å². The van der Waals surface area contributed by atoms with E-state index in [2.05, 4.69) is 10.1 Å². The fourth-order valence-electron chi connectivity index (χ4n) is 0.940. The highest BCUT2D eigenvalue weighted by Gasteiger charge is 2.21. The fourth-order valence-corrected chi connectivity index (χ4v) is 1.70. The van der Waals surface area contributed by atoms with Gasteiger partial charge in [-0.1, -0.05) is 25.9 Å². The summed E-state index contributed by atoms with van der Waals surface area (Å²) < 4.78 is 5.12. The van der Waals surface area contributed by atoms with Gasteiger partial charge < -0.3 is 9.63 Å². The lowest BCUT2D eigenvalue weighted by molar-refractivity contribution is -0.136. The SMILES string of the molecule is CC(C)(C)c1nc(CSCCC(=O)O)no1. The lowest BCUT2D eigenvalue weighted by atomic mass is 9.97. The molecule has 5 nitrogen and oxygen atoms in total. The van der Waals surface area contributed by atoms with Crippen molar-refractivity contribution in [2.45, 2.75) is 38.4 Å². The highest BCUT2D eigenvalue weighted by Crippen LogP contribution is 2.21. The van der Waals surface area contributed by atoms with E-state index in [0.29, 0.717) is 23.2 Å². The molecule has 0 atom stereocenters. The minimum absolute atomic E-state index is 0.142. The summed E-state index contributed by atoms with van der Waals surface area (Å²) in [5.74, 6) is 1.61. The Labute approximate surface area is 98.6 Å². The summed E-state index contributed by atoms with van der Waals surface area (Å²) in [6, 6.07) is 0. The van der Waals surface area contributed by atoms with Crippen molar-refractivity contribution in [3.8, 4) is 0 Å². The zero-order valence-corrected chi connectivity index (χ0v) is 10.5. The van der Waals surface area contributed by atoms with E-state index in [4.69, 9.17) is 9.63 Å². The molecule has 0 amide bonds. The number of hydrogen-bond donors (Lipinski definition) is 1. The van der Waals surface area contributed by atoms with Gasteiger partial charge >= 0.3 is 5.97 Å². The minimum atomic E-state index is -0.781. The van der Waals surface area contributed by atoms with E-state index >= 15 is 0 Å². The van der Waals surface area contributed by atoms with Gasteiger partial charge in [0.15, 0.2) is 5.82 Å². The molecular formula is C10H16N2O3S. The first-order chi connectivity index (χ1) is 7.39. The van der Waals surface area contributed by atoms with Crippen molar-refractivity contribution in [1.29, 1.82) is 0 Å². The first-order valence-electron chi connectivity index (χ1n) is 5.02. The van der Waals surface area contributed by atoms with Gasteiger partial charge in [-0.25, -0.2) is 0 Å². The van der Waals surface area contributed by atoms with Crippen LogP contribution in [-0.2, 0) is 16.0 Å². The van der Waals surface area contributed by atoms with Gasteiger partial charge in [0.1, 0.15) is 0 Å². The van der Waals surface area contributed by atoms with Crippen molar-refractivity contribution in [2.24, 2.45) is 0 Å². The average Bonchev–Trinajstić information content (AvgIpc) is 2.59. The molecule has 1 N–H and O–H groups in total. The second-order valence-corrected chi connectivity index (χ2v) is 5.57. The van der Waals surface area contributed by atoms with E-state index in [1.165, 1.54) is 11.8 Å². The third-order valence-corrected chi connectivity index (χ3v) is 2.76. The largest absolute Gasteiger partial charge is 0.481 e. The molecule has 0 saturated heterocycles. The van der Waals surface area contributed by atoms with Gasteiger partial charge in [0.25, 0.3) is 0 Å². The summed E-state index contributed by atoms with van der Waals surface area (Å²) in [5, 5.41) is 12.3. The van der Waals surface area contributed by atoms with E-state index in [1.807, 2.05) is 20.8 Å². The number of thioether (sulfide) groups is 1. The van der Waals surface area contributed by atoms with E-state index in [-0.39, 0.29) is 11.8 Å². The Kier molecular flexibility index (Phi) is 4.35. The molecule has 1 heterocycles. The molecule has 1 aromatic rings. The Bertz CT molecular complexity index is 357. The summed E-state index contributed by atoms with van der Waals surface area (Å²) in [6.07, 6.45) is 0.161. The number of hydrogen-bond acceptors (Lipinski definition) is 5. The van der Waals surface area contributed by atoms with Gasteiger partial charge in [-0.05, 0) is 0 Å². The van der Waals surface area contributed by atoms with E-state index < -0.39 is 5.97 Å². The molecule has 0 aromatic carbocycles. The molecule has 16 heavy (non-hydrogen) atoms. The van der Waals surface area contributed by atoms with Crippen LogP contribution in [0.25, 0.3) is 0 Å². The van der Waals surface area contributed by atoms with Gasteiger partial charge in [0.05, 0.1) is 12.2 Å². The van der Waals surface area contributed by atoms with Crippen molar-refractivity contribution < 1.29 is 14.4 Å². The van der Waals surface area contributed by atoms with E-state index in [1.54, 1.807) is 0 Å². The van der Waals surface area contributed by atoms with Crippen LogP contribution < -0.4 is 0 Å². The number of aliphatic carboxylic acids is 1. The van der Waals surface area contributed by atoms with Crippen molar-refractivity contribution >= 4 is 17.7 Å². The maximum absolute atomic E-state index is 10.3. The third-order valence-electron chi connectivity index (χ3n) is 1.80. The first kappa shape index (κ1) is 13.0. The van der Waals surface area contributed by atoms with Gasteiger partial charge in [0.2, 0.25) is 5.89 Å². The summed E-state index contributed by atoms with van der Waals surface area (Å²) in [5.41, 5.74) is -0.142. The zero-order valence-electron chi connectivity index (χ0n) is 9.69. The van der Waals surface area contributed by atoms with Gasteiger partial charge in [0, 0.05) is 11.2 Å². The predicted molar refractivity (Wildman–Crippen MR) is 61.4 cm³/mol. The average molecular weight is 244 g/mol. The fraction of sp³-hybridized carbons (Fsp3) is 0.700. The van der Waals surface area contributed by atoms with Crippen LogP contribution in [0.3, 0.4) is 0 Å². The Morgan fingerprint density at radius 3 is 2.69 bits per heavy atom. The Morgan fingerprint density at radius 1 is 1.50 bits per heavy atom. The molecule has 1 rings (SSSR count). The number of rotatable bonds is 5. The molecule has 0 spiro atoms. The van der Waals surface area contributed by atoms with Crippen LogP contribution in [0.2, 0.25) is 0 Å². The van der Waals surface area contributed by atoms with Crippen LogP contribution >= 0.6 is 11.8 Å². The van der Waals surface area contributed by atoms with Crippen LogP contribution in [0.4, 0.5) is 0 Å². The van der Waals surface area contributed by atoms with Crippen LogP contribution in [0.5, 0.6) is 0 Å². The molecule has 0 aliphatic heterocycles. The summed E-state index contributed by atoms with van der Waals surface area (Å²) in [6.45, 7) is 6.01. The summed E-state index contributed by atoms with van der Waals surface area (Å²) in [4.78, 5) is 14.5. The Hall–Kier alpha value is -1.04. The molecule has 1 aromatic heterocycles. The second-order valence-electron chi connectivity index (χ2n) is 4.46. The number of carboxylic acid groups (broad SMARTS) is 1. The quantitative estimate of drug-likeness (QED) is 0.799. The molecule has 0 aliphatic rings. The van der Waals surface area contributed by atoms with E-state index in [9.17, 15) is 4.79 Å². The Morgan fingerprint density at radius 2 is 2.19 bits per heavy atom. The third kappa shape index (κ3) is 4.22. The second kappa shape index (κ2) is 5.34. The van der Waals surface area contributed by atoms with Crippen LogP contribution in [0.1, 0.15) is 38.9 Å². The van der Waals surface area contributed by atoms with Crippen LogP contribution in [-0.4, -0.2) is 27.0 Å². The lowest BCUT2D eigenvalue weighted by Crippen LogP contribution is -2.11. The van der Waals surface area contributed by atoms with Gasteiger partial charge in [-0.2, -0.15) is 16.7 Å². The van der Waals surface area contributed by atoms with Gasteiger partial charge in [-0.3, -0.25) is 4.79 Å². The maximum Gasteiger partial charge on any atom is 0.304 e. The molecule has 0 unspecified atom stereocenters. The summed E-state index contributed by atoms with van der Waals surface area (Å²) in [7, 11) is 0. The number of carboxylic acids is 1. The highest BCUT2D eigenvalue weighted by molar-refractivity contribution is 7.98. The lowest BCUT2D eigenvalue weighted by Gasteiger charge is -2.10. The molecular weight excluding hydrogens is 228 g/mol. The van der Waals surface area contributed by atoms with Crippen molar-refractivity contribution in [2.75, 3.05) is 5.75 Å². The predicted octanol–water partition coefficient (Wildman–Crippen LogP) is 2.07. The van der Waals surface area contributed by atoms with E-state index in [0.717, 1.165) is 0 Å². The highest BCUT2D eigenvalue weighted by atomic mass is 32.2. The molecule has 0 saturated carbocycles. The monoisotopic (exact) mass is 244 g/mol. The number of aromatic nitrogens is 2. The number of carbonyl (C=O) groups is 1. The molecule has 0 radical (unpaired) electrons. The molecule has 6 heteroatoms. The standard InChI is InChI=1S/C10H16N2O3S/c1-10(2,3)9-11-7(12-15-9)6-16-5-4-8(13)14/h4-6H2,1-3H3,(H,13,14). The molecule has 90 valence electrons. The van der Waals surface area contributed by atoms with Crippen molar-refractivity contribution in [3.63, 3.8) is 0 Å². The minimum Gasteiger partial charge on any atom is -0.481 e. The Balaban J connectivity index is 2.38. The first-order valence-corrected chi connectivity index (χ1v) is 6.17. The topological polar surface area (TPSA) is 76.2 Å². The van der Waals surface area contributed by atoms with Gasteiger partial charge in [-0.15, -0.1) is 0 Å². The number of nitrogens with zero attached hydrogens (tertiary/aromatic N) is 2. The van der Waals surface area contributed by atoms with Crippen molar-refractivity contribution in [3.05, 3.63) is 11.7 Å². The molecule has 0 fully saturated rings. The van der Waals surface area contributed by atoms with Crippen LogP contribution in [0, 0.1) is 0 Å². The maximum atomic E-state index is 10.3. The normalized spacial score (nSPS) is 11.7. The zero-order chi connectivity index (χ0) is 12.2. The molecule has 0 aliphatic carbocycles. The molecule has 0 bridgehead atoms. The van der Waals surface area contributed by atoms with Crippen LogP contribution in [0.15, 0.2) is 4.52 Å². The summed E-state index contributed by atoms with van der Waals surface area (Å²) >= 11 is 1.49. The smallest absolute Gasteiger partial charge is 0.304 e.